The van der Waals surface area contributed by atoms with Crippen LogP contribution >= 0.6 is 0 Å². The quantitative estimate of drug-likeness (QED) is 0.680. The van der Waals surface area contributed by atoms with E-state index in [-0.39, 0.29) is 24.2 Å². The standard InChI is InChI=1S/C19H25N7O2/c27-18(14-26-17(21-22-23-26)13-24-9-3-4-10-24)25-11-5-6-15(12-25)19(28)16-7-1-2-8-20-16/h1-2,7-8,15H,3-6,9-14H2. The lowest BCUT2D eigenvalue weighted by molar-refractivity contribution is -0.133. The summed E-state index contributed by atoms with van der Waals surface area (Å²) in [5.41, 5.74) is 0.468. The average Bonchev–Trinajstić information content (AvgIpc) is 3.41. The van der Waals surface area contributed by atoms with Gasteiger partial charge in [-0.25, -0.2) is 4.68 Å². The normalized spacial score (nSPS) is 20.4. The molecule has 0 spiro atoms. The van der Waals surface area contributed by atoms with Gasteiger partial charge in [0.1, 0.15) is 12.2 Å². The van der Waals surface area contributed by atoms with Crippen molar-refractivity contribution in [2.75, 3.05) is 26.2 Å². The predicted octanol–water partition coefficient (Wildman–Crippen LogP) is 0.785. The van der Waals surface area contributed by atoms with Gasteiger partial charge in [0.25, 0.3) is 0 Å². The van der Waals surface area contributed by atoms with Crippen LogP contribution in [-0.4, -0.2) is 72.9 Å². The van der Waals surface area contributed by atoms with Crippen LogP contribution in [0.15, 0.2) is 24.4 Å². The van der Waals surface area contributed by atoms with Crippen LogP contribution in [0.4, 0.5) is 0 Å². The van der Waals surface area contributed by atoms with E-state index < -0.39 is 0 Å². The molecule has 2 aromatic rings. The molecule has 9 nitrogen and oxygen atoms in total. The SMILES string of the molecule is O=C(c1ccccn1)C1CCCN(C(=O)Cn2nnnc2CN2CCCC2)C1. The third kappa shape index (κ3) is 4.24. The van der Waals surface area contributed by atoms with E-state index in [0.717, 1.165) is 25.9 Å². The molecule has 4 rings (SSSR count). The molecule has 4 heterocycles. The maximum atomic E-state index is 12.8. The number of piperidine rings is 1. The summed E-state index contributed by atoms with van der Waals surface area (Å²) in [7, 11) is 0. The first kappa shape index (κ1) is 18.7. The van der Waals surface area contributed by atoms with E-state index in [1.54, 1.807) is 27.9 Å². The third-order valence-corrected chi connectivity index (χ3v) is 5.52. The maximum Gasteiger partial charge on any atom is 0.244 e. The zero-order valence-electron chi connectivity index (χ0n) is 15.9. The molecule has 0 saturated carbocycles. The number of rotatable bonds is 6. The van der Waals surface area contributed by atoms with Crippen LogP contribution in [0.5, 0.6) is 0 Å². The van der Waals surface area contributed by atoms with Gasteiger partial charge in [0.2, 0.25) is 5.91 Å². The van der Waals surface area contributed by atoms with Crippen LogP contribution in [0.2, 0.25) is 0 Å². The van der Waals surface area contributed by atoms with Crippen molar-refractivity contribution in [1.82, 2.24) is 35.0 Å². The van der Waals surface area contributed by atoms with Gasteiger partial charge in [-0.15, -0.1) is 5.10 Å². The van der Waals surface area contributed by atoms with E-state index in [4.69, 9.17) is 0 Å². The Labute approximate surface area is 163 Å². The zero-order valence-corrected chi connectivity index (χ0v) is 15.9. The highest BCUT2D eigenvalue weighted by Gasteiger charge is 2.30. The molecule has 2 fully saturated rings. The highest BCUT2D eigenvalue weighted by Crippen LogP contribution is 2.20. The first-order valence-electron chi connectivity index (χ1n) is 9.91. The lowest BCUT2D eigenvalue weighted by atomic mass is 9.92. The number of amides is 1. The summed E-state index contributed by atoms with van der Waals surface area (Å²) in [6.45, 7) is 3.96. The van der Waals surface area contributed by atoms with Crippen LogP contribution in [0.25, 0.3) is 0 Å². The molecule has 0 aromatic carbocycles. The van der Waals surface area contributed by atoms with Crippen molar-refractivity contribution in [2.45, 2.75) is 38.8 Å². The lowest BCUT2D eigenvalue weighted by Gasteiger charge is -2.32. The molecule has 9 heteroatoms. The third-order valence-electron chi connectivity index (χ3n) is 5.52. The molecule has 1 amide bonds. The number of likely N-dealkylation sites (tertiary alicyclic amines) is 2. The fraction of sp³-hybridized carbons (Fsp3) is 0.579. The first-order chi connectivity index (χ1) is 13.7. The van der Waals surface area contributed by atoms with Crippen molar-refractivity contribution in [1.29, 1.82) is 0 Å². The van der Waals surface area contributed by atoms with Crippen LogP contribution in [0.3, 0.4) is 0 Å². The molecule has 0 radical (unpaired) electrons. The van der Waals surface area contributed by atoms with E-state index in [9.17, 15) is 9.59 Å². The number of hydrogen-bond acceptors (Lipinski definition) is 7. The van der Waals surface area contributed by atoms with Crippen molar-refractivity contribution < 1.29 is 9.59 Å². The summed E-state index contributed by atoms with van der Waals surface area (Å²) >= 11 is 0. The van der Waals surface area contributed by atoms with Crippen LogP contribution in [0, 0.1) is 5.92 Å². The highest BCUT2D eigenvalue weighted by atomic mass is 16.2. The number of ketones is 1. The van der Waals surface area contributed by atoms with E-state index in [0.29, 0.717) is 31.2 Å². The number of tetrazole rings is 1. The minimum atomic E-state index is -0.203. The number of pyridine rings is 1. The fourth-order valence-corrected chi connectivity index (χ4v) is 3.96. The topological polar surface area (TPSA) is 97.1 Å². The van der Waals surface area contributed by atoms with Gasteiger partial charge in [-0.3, -0.25) is 19.5 Å². The second kappa shape index (κ2) is 8.55. The van der Waals surface area contributed by atoms with E-state index in [1.807, 2.05) is 6.07 Å². The Kier molecular flexibility index (Phi) is 5.70. The molecule has 2 aliphatic heterocycles. The summed E-state index contributed by atoms with van der Waals surface area (Å²) < 4.78 is 1.59. The highest BCUT2D eigenvalue weighted by molar-refractivity contribution is 5.96. The maximum absolute atomic E-state index is 12.8. The van der Waals surface area contributed by atoms with Gasteiger partial charge in [-0.2, -0.15) is 0 Å². The molecule has 1 atom stereocenters. The molecule has 148 valence electrons. The molecular formula is C19H25N7O2. The monoisotopic (exact) mass is 383 g/mol. The molecule has 0 N–H and O–H groups in total. The van der Waals surface area contributed by atoms with Crippen LogP contribution in [0.1, 0.15) is 42.0 Å². The molecular weight excluding hydrogens is 358 g/mol. The van der Waals surface area contributed by atoms with Gasteiger partial charge < -0.3 is 4.90 Å². The van der Waals surface area contributed by atoms with E-state index in [1.165, 1.54) is 12.8 Å². The smallest absolute Gasteiger partial charge is 0.244 e. The number of hydrogen-bond donors (Lipinski definition) is 0. The second-order valence-electron chi connectivity index (χ2n) is 7.49. The van der Waals surface area contributed by atoms with Crippen LogP contribution in [-0.2, 0) is 17.9 Å². The summed E-state index contributed by atoms with van der Waals surface area (Å²) in [5.74, 6) is 0.475. The van der Waals surface area contributed by atoms with Crippen molar-refractivity contribution in [3.63, 3.8) is 0 Å². The molecule has 2 aromatic heterocycles. The number of nitrogens with zero attached hydrogens (tertiary/aromatic N) is 7. The molecule has 28 heavy (non-hydrogen) atoms. The number of carbonyl (C=O) groups excluding carboxylic acids is 2. The largest absolute Gasteiger partial charge is 0.340 e. The number of carbonyl (C=O) groups is 2. The Balaban J connectivity index is 1.37. The minimum Gasteiger partial charge on any atom is -0.340 e. The Hall–Kier alpha value is -2.68. The van der Waals surface area contributed by atoms with Crippen molar-refractivity contribution in [3.05, 3.63) is 35.9 Å². The summed E-state index contributed by atoms with van der Waals surface area (Å²) in [5, 5.41) is 11.8. The molecule has 0 aliphatic carbocycles. The van der Waals surface area contributed by atoms with Gasteiger partial charge in [-0.1, -0.05) is 6.07 Å². The summed E-state index contributed by atoms with van der Waals surface area (Å²) in [4.78, 5) is 33.7. The Morgan fingerprint density at radius 1 is 1.11 bits per heavy atom. The first-order valence-corrected chi connectivity index (χ1v) is 9.91. The minimum absolute atomic E-state index is 0.00949. The average molecular weight is 383 g/mol. The van der Waals surface area contributed by atoms with Gasteiger partial charge in [0, 0.05) is 25.2 Å². The molecule has 0 bridgehead atoms. The second-order valence-corrected chi connectivity index (χ2v) is 7.49. The van der Waals surface area contributed by atoms with Gasteiger partial charge in [0.05, 0.1) is 6.54 Å². The zero-order chi connectivity index (χ0) is 19.3. The number of aromatic nitrogens is 5. The predicted molar refractivity (Wildman–Crippen MR) is 100 cm³/mol. The fourth-order valence-electron chi connectivity index (χ4n) is 3.96. The summed E-state index contributed by atoms with van der Waals surface area (Å²) in [6.07, 6.45) is 5.61. The number of Topliss-reactive ketones (excluding diaryl/α,β-unsaturated/α-hetero) is 1. The Morgan fingerprint density at radius 3 is 2.75 bits per heavy atom. The Morgan fingerprint density at radius 2 is 1.96 bits per heavy atom. The van der Waals surface area contributed by atoms with E-state index in [2.05, 4.69) is 25.4 Å². The van der Waals surface area contributed by atoms with Crippen molar-refractivity contribution >= 4 is 11.7 Å². The molecule has 1 unspecified atom stereocenters. The Bertz CT molecular complexity index is 817. The van der Waals surface area contributed by atoms with Crippen LogP contribution < -0.4 is 0 Å². The summed E-state index contributed by atoms with van der Waals surface area (Å²) in [6, 6.07) is 5.33. The van der Waals surface area contributed by atoms with Crippen molar-refractivity contribution in [3.8, 4) is 0 Å². The van der Waals surface area contributed by atoms with Gasteiger partial charge in [-0.05, 0) is 61.3 Å². The molecule has 2 saturated heterocycles. The van der Waals surface area contributed by atoms with Crippen molar-refractivity contribution in [2.24, 2.45) is 5.92 Å². The van der Waals surface area contributed by atoms with Gasteiger partial charge in [0.15, 0.2) is 11.6 Å². The van der Waals surface area contributed by atoms with E-state index >= 15 is 0 Å². The molecule has 2 aliphatic rings. The lowest BCUT2D eigenvalue weighted by Crippen LogP contribution is -2.44. The van der Waals surface area contributed by atoms with Gasteiger partial charge >= 0.3 is 0 Å².